The van der Waals surface area contributed by atoms with Gasteiger partial charge in [0.2, 0.25) is 5.91 Å². The van der Waals surface area contributed by atoms with Crippen molar-refractivity contribution in [2.45, 2.75) is 65.0 Å². The van der Waals surface area contributed by atoms with Crippen LogP contribution in [0, 0.1) is 26.7 Å². The molecular formula is C21H30N2O3. The zero-order valence-corrected chi connectivity index (χ0v) is 16.3. The van der Waals surface area contributed by atoms with Crippen molar-refractivity contribution >= 4 is 17.6 Å². The predicted octanol–water partition coefficient (Wildman–Crippen LogP) is 3.36. The second-order valence-electron chi connectivity index (χ2n) is 7.88. The van der Waals surface area contributed by atoms with Gasteiger partial charge in [0.25, 0.3) is 0 Å². The molecule has 26 heavy (non-hydrogen) atoms. The van der Waals surface area contributed by atoms with Gasteiger partial charge >= 0.3 is 5.97 Å². The Labute approximate surface area is 156 Å². The molecule has 1 aliphatic carbocycles. The number of carbonyl (C=O) groups is 2. The number of carbonyl (C=O) groups excluding carboxylic acids is 2. The van der Waals surface area contributed by atoms with Gasteiger partial charge in [0.1, 0.15) is 6.04 Å². The minimum atomic E-state index is -0.293. The van der Waals surface area contributed by atoms with Crippen LogP contribution in [-0.4, -0.2) is 42.5 Å². The summed E-state index contributed by atoms with van der Waals surface area (Å²) in [5.41, 5.74) is 4.21. The molecule has 5 heteroatoms. The molecule has 1 saturated heterocycles. The normalized spacial score (nSPS) is 25.6. The third-order valence-electron chi connectivity index (χ3n) is 5.96. The van der Waals surface area contributed by atoms with Crippen LogP contribution in [-0.2, 0) is 14.3 Å². The Hall–Kier alpha value is -1.88. The molecule has 1 saturated carbocycles. The molecule has 1 amide bonds. The first-order valence-electron chi connectivity index (χ1n) is 9.62. The Balaban J connectivity index is 1.75. The fourth-order valence-corrected chi connectivity index (χ4v) is 4.87. The molecule has 1 aromatic rings. The highest BCUT2D eigenvalue weighted by Crippen LogP contribution is 2.40. The van der Waals surface area contributed by atoms with Gasteiger partial charge in [-0.15, -0.1) is 0 Å². The van der Waals surface area contributed by atoms with Crippen LogP contribution in [0.1, 0.15) is 48.8 Å². The van der Waals surface area contributed by atoms with Gasteiger partial charge in [-0.05, 0) is 57.1 Å². The Bertz CT molecular complexity index is 677. The number of methoxy groups -OCH3 is 1. The first kappa shape index (κ1) is 18.9. The number of hydrogen-bond acceptors (Lipinski definition) is 4. The van der Waals surface area contributed by atoms with Crippen molar-refractivity contribution < 1.29 is 14.3 Å². The number of aryl methyl sites for hydroxylation is 3. The van der Waals surface area contributed by atoms with Gasteiger partial charge in [-0.2, -0.15) is 0 Å². The van der Waals surface area contributed by atoms with Crippen molar-refractivity contribution in [1.82, 2.24) is 4.90 Å². The molecule has 3 rings (SSSR count). The smallest absolute Gasteiger partial charge is 0.323 e. The molecular weight excluding hydrogens is 328 g/mol. The number of rotatable bonds is 4. The van der Waals surface area contributed by atoms with E-state index < -0.39 is 0 Å². The van der Waals surface area contributed by atoms with E-state index in [9.17, 15) is 9.59 Å². The molecule has 1 aromatic carbocycles. The first-order chi connectivity index (χ1) is 12.4. The van der Waals surface area contributed by atoms with Crippen LogP contribution in [0.2, 0.25) is 0 Å². The molecule has 0 aromatic heterocycles. The Kier molecular flexibility index (Phi) is 5.66. The summed E-state index contributed by atoms with van der Waals surface area (Å²) in [7, 11) is 1.43. The van der Waals surface area contributed by atoms with Gasteiger partial charge in [-0.25, -0.2) is 0 Å². The van der Waals surface area contributed by atoms with Crippen LogP contribution in [0.15, 0.2) is 12.1 Å². The van der Waals surface area contributed by atoms with Crippen LogP contribution in [0.25, 0.3) is 0 Å². The number of ether oxygens (including phenoxy) is 1. The third-order valence-corrected chi connectivity index (χ3v) is 5.96. The van der Waals surface area contributed by atoms with Gasteiger partial charge in [-0.1, -0.05) is 30.5 Å². The van der Waals surface area contributed by atoms with Crippen molar-refractivity contribution in [2.75, 3.05) is 19.0 Å². The third kappa shape index (κ3) is 3.78. The average Bonchev–Trinajstić information content (AvgIpc) is 2.96. The largest absolute Gasteiger partial charge is 0.468 e. The molecule has 1 heterocycles. The van der Waals surface area contributed by atoms with Crippen LogP contribution in [0.4, 0.5) is 5.69 Å². The van der Waals surface area contributed by atoms with E-state index in [1.807, 2.05) is 13.8 Å². The zero-order chi connectivity index (χ0) is 18.8. The highest BCUT2D eigenvalue weighted by Gasteiger charge is 2.46. The summed E-state index contributed by atoms with van der Waals surface area (Å²) >= 11 is 0. The maximum atomic E-state index is 12.8. The summed E-state index contributed by atoms with van der Waals surface area (Å²) in [5.74, 6) is 0.235. The van der Waals surface area contributed by atoms with Gasteiger partial charge in [0.15, 0.2) is 0 Å². The van der Waals surface area contributed by atoms with E-state index in [0.29, 0.717) is 12.0 Å². The monoisotopic (exact) mass is 358 g/mol. The summed E-state index contributed by atoms with van der Waals surface area (Å²) in [5, 5.41) is 3.07. The molecule has 142 valence electrons. The molecule has 2 fully saturated rings. The Morgan fingerprint density at radius 3 is 2.46 bits per heavy atom. The molecule has 0 bridgehead atoms. The van der Waals surface area contributed by atoms with E-state index in [-0.39, 0.29) is 24.5 Å². The molecule has 3 unspecified atom stereocenters. The SMILES string of the molecule is COC(=O)C1CC2CCCCC2N1CC(=O)Nc1c(C)cc(C)cc1C. The maximum absolute atomic E-state index is 12.8. The quantitative estimate of drug-likeness (QED) is 0.839. The van der Waals surface area contributed by atoms with Gasteiger partial charge in [0.05, 0.1) is 13.7 Å². The van der Waals surface area contributed by atoms with Crippen LogP contribution in [0.5, 0.6) is 0 Å². The number of anilines is 1. The van der Waals surface area contributed by atoms with E-state index in [1.54, 1.807) is 0 Å². The number of nitrogens with zero attached hydrogens (tertiary/aromatic N) is 1. The van der Waals surface area contributed by atoms with E-state index in [0.717, 1.165) is 36.1 Å². The molecule has 5 nitrogen and oxygen atoms in total. The van der Waals surface area contributed by atoms with Crippen molar-refractivity contribution in [3.05, 3.63) is 28.8 Å². The molecule has 2 aliphatic rings. The number of likely N-dealkylation sites (tertiary alicyclic amines) is 1. The lowest BCUT2D eigenvalue weighted by Crippen LogP contribution is -2.46. The lowest BCUT2D eigenvalue weighted by atomic mass is 9.85. The van der Waals surface area contributed by atoms with E-state index in [4.69, 9.17) is 4.74 Å². The second-order valence-corrected chi connectivity index (χ2v) is 7.88. The van der Waals surface area contributed by atoms with E-state index in [2.05, 4.69) is 29.3 Å². The summed E-state index contributed by atoms with van der Waals surface area (Å²) in [6.45, 7) is 6.33. The number of esters is 1. The number of benzene rings is 1. The lowest BCUT2D eigenvalue weighted by molar-refractivity contribution is -0.146. The topological polar surface area (TPSA) is 58.6 Å². The fraction of sp³-hybridized carbons (Fsp3) is 0.619. The summed E-state index contributed by atoms with van der Waals surface area (Å²) in [6.07, 6.45) is 5.41. The molecule has 0 spiro atoms. The minimum Gasteiger partial charge on any atom is -0.468 e. The summed E-state index contributed by atoms with van der Waals surface area (Å²) in [4.78, 5) is 27.1. The van der Waals surface area contributed by atoms with Crippen molar-refractivity contribution in [1.29, 1.82) is 0 Å². The van der Waals surface area contributed by atoms with Crippen LogP contribution in [0.3, 0.4) is 0 Å². The lowest BCUT2D eigenvalue weighted by Gasteiger charge is -2.32. The van der Waals surface area contributed by atoms with Crippen molar-refractivity contribution in [3.63, 3.8) is 0 Å². The van der Waals surface area contributed by atoms with Gasteiger partial charge in [-0.3, -0.25) is 14.5 Å². The average molecular weight is 358 g/mol. The minimum absolute atomic E-state index is 0.0554. The van der Waals surface area contributed by atoms with E-state index in [1.165, 1.54) is 25.5 Å². The van der Waals surface area contributed by atoms with Crippen molar-refractivity contribution in [2.24, 2.45) is 5.92 Å². The first-order valence-corrected chi connectivity index (χ1v) is 9.62. The maximum Gasteiger partial charge on any atom is 0.323 e. The highest BCUT2D eigenvalue weighted by atomic mass is 16.5. The van der Waals surface area contributed by atoms with Gasteiger partial charge < -0.3 is 10.1 Å². The zero-order valence-electron chi connectivity index (χ0n) is 16.3. The highest BCUT2D eigenvalue weighted by molar-refractivity contribution is 5.94. The molecule has 1 aliphatic heterocycles. The van der Waals surface area contributed by atoms with Crippen molar-refractivity contribution in [3.8, 4) is 0 Å². The molecule has 3 atom stereocenters. The number of fused-ring (bicyclic) bond motifs is 1. The predicted molar refractivity (Wildman–Crippen MR) is 102 cm³/mol. The number of nitrogens with one attached hydrogen (secondary N) is 1. The van der Waals surface area contributed by atoms with Gasteiger partial charge in [0, 0.05) is 11.7 Å². The second kappa shape index (κ2) is 7.78. The van der Waals surface area contributed by atoms with Crippen LogP contribution < -0.4 is 5.32 Å². The number of hydrogen-bond donors (Lipinski definition) is 1. The number of amides is 1. The molecule has 1 N–H and O–H groups in total. The van der Waals surface area contributed by atoms with E-state index >= 15 is 0 Å². The summed E-state index contributed by atoms with van der Waals surface area (Å²) < 4.78 is 5.01. The van der Waals surface area contributed by atoms with Crippen LogP contribution >= 0.6 is 0 Å². The Morgan fingerprint density at radius 1 is 1.15 bits per heavy atom. The Morgan fingerprint density at radius 2 is 1.81 bits per heavy atom. The molecule has 0 radical (unpaired) electrons. The summed E-state index contributed by atoms with van der Waals surface area (Å²) in [6, 6.07) is 4.18. The fourth-order valence-electron chi connectivity index (χ4n) is 4.87. The standard InChI is InChI=1S/C21H30N2O3/c1-13-9-14(2)20(15(3)10-13)22-19(24)12-23-17-8-6-5-7-16(17)11-18(23)21(25)26-4/h9-10,16-18H,5-8,11-12H2,1-4H3,(H,22,24).